The monoisotopic (exact) mass is 463 g/mol. The van der Waals surface area contributed by atoms with Crippen LogP contribution in [-0.2, 0) is 10.0 Å². The maximum Gasteiger partial charge on any atom is 0.264 e. The topological polar surface area (TPSA) is 69.7 Å². The lowest BCUT2D eigenvalue weighted by Crippen LogP contribution is -2.44. The maximum absolute atomic E-state index is 13.1. The number of benzene rings is 2. The smallest absolute Gasteiger partial charge is 0.264 e. The van der Waals surface area contributed by atoms with Crippen molar-refractivity contribution in [2.24, 2.45) is 0 Å². The van der Waals surface area contributed by atoms with Crippen LogP contribution in [0.2, 0.25) is 5.02 Å². The van der Waals surface area contributed by atoms with Crippen molar-refractivity contribution in [2.45, 2.75) is 43.5 Å². The van der Waals surface area contributed by atoms with Crippen LogP contribution in [0.3, 0.4) is 0 Å². The number of rotatable bonds is 8. The Morgan fingerprint density at radius 1 is 1.16 bits per heavy atom. The van der Waals surface area contributed by atoms with Crippen LogP contribution in [0.4, 0.5) is 5.69 Å². The molecule has 2 aromatic carbocycles. The number of carbonyl (C=O) groups is 1. The van der Waals surface area contributed by atoms with Gasteiger partial charge in [0, 0.05) is 36.8 Å². The molecule has 0 atom stereocenters. The molecule has 0 aliphatic carbocycles. The van der Waals surface area contributed by atoms with Crippen LogP contribution < -0.4 is 9.62 Å². The van der Waals surface area contributed by atoms with E-state index in [0.717, 1.165) is 32.5 Å². The number of halogens is 1. The molecule has 1 amide bonds. The number of piperidine rings is 1. The van der Waals surface area contributed by atoms with E-state index in [1.54, 1.807) is 36.4 Å². The summed E-state index contributed by atoms with van der Waals surface area (Å²) in [5.74, 6) is -0.241. The molecule has 1 saturated heterocycles. The summed E-state index contributed by atoms with van der Waals surface area (Å²) >= 11 is 6.00. The van der Waals surface area contributed by atoms with Gasteiger partial charge in [0.2, 0.25) is 0 Å². The fraction of sp³-hybridized carbons (Fsp3) is 0.435. The molecule has 1 aliphatic heterocycles. The van der Waals surface area contributed by atoms with E-state index in [9.17, 15) is 13.2 Å². The van der Waals surface area contributed by atoms with Gasteiger partial charge in [-0.3, -0.25) is 9.10 Å². The number of hydrogen-bond donors (Lipinski definition) is 1. The van der Waals surface area contributed by atoms with Crippen molar-refractivity contribution in [3.63, 3.8) is 0 Å². The van der Waals surface area contributed by atoms with Crippen LogP contribution in [0.5, 0.6) is 0 Å². The van der Waals surface area contributed by atoms with Crippen molar-refractivity contribution >= 4 is 33.2 Å². The number of nitrogens with zero attached hydrogens (tertiary/aromatic N) is 2. The standard InChI is InChI=1S/C23H30ClN3O3S/c1-3-4-13-27-14-11-20(12-15-27)25-23(28)18-7-5-10-22(16-18)31(29,30)26(2)21-9-6-8-19(24)17-21/h5-10,16-17,20H,3-4,11-15H2,1-2H3,(H,25,28). The zero-order valence-corrected chi connectivity index (χ0v) is 19.6. The second-order valence-electron chi connectivity index (χ2n) is 7.92. The predicted octanol–water partition coefficient (Wildman–Crippen LogP) is 4.16. The molecule has 8 heteroatoms. The number of carbonyl (C=O) groups excluding carboxylic acids is 1. The second kappa shape index (κ2) is 10.5. The fourth-order valence-corrected chi connectivity index (χ4v) is 5.14. The molecule has 3 rings (SSSR count). The van der Waals surface area contributed by atoms with Crippen molar-refractivity contribution in [2.75, 3.05) is 31.0 Å². The Kier molecular flexibility index (Phi) is 7.97. The number of likely N-dealkylation sites (tertiary alicyclic amines) is 1. The Labute approximate surface area is 190 Å². The molecule has 0 saturated carbocycles. The third-order valence-corrected chi connectivity index (χ3v) is 7.69. The molecule has 31 heavy (non-hydrogen) atoms. The minimum Gasteiger partial charge on any atom is -0.349 e. The number of sulfonamides is 1. The molecule has 1 N–H and O–H groups in total. The quantitative estimate of drug-likeness (QED) is 0.638. The lowest BCUT2D eigenvalue weighted by molar-refractivity contribution is 0.0910. The first-order chi connectivity index (χ1) is 14.8. The first kappa shape index (κ1) is 23.6. The number of amides is 1. The Balaban J connectivity index is 1.67. The highest BCUT2D eigenvalue weighted by atomic mass is 35.5. The Bertz CT molecular complexity index is 1000. The average molecular weight is 464 g/mol. The summed E-state index contributed by atoms with van der Waals surface area (Å²) in [6.45, 7) is 5.25. The Hall–Kier alpha value is -2.09. The van der Waals surface area contributed by atoms with Gasteiger partial charge < -0.3 is 10.2 Å². The maximum atomic E-state index is 13.1. The van der Waals surface area contributed by atoms with Crippen molar-refractivity contribution < 1.29 is 13.2 Å². The minimum atomic E-state index is -3.83. The van der Waals surface area contributed by atoms with Crippen LogP contribution in [-0.4, -0.2) is 51.9 Å². The number of hydrogen-bond acceptors (Lipinski definition) is 4. The number of nitrogens with one attached hydrogen (secondary N) is 1. The van der Waals surface area contributed by atoms with Crippen molar-refractivity contribution in [1.29, 1.82) is 0 Å². The lowest BCUT2D eigenvalue weighted by atomic mass is 10.0. The summed E-state index contributed by atoms with van der Waals surface area (Å²) in [5.41, 5.74) is 0.797. The van der Waals surface area contributed by atoms with E-state index in [-0.39, 0.29) is 16.8 Å². The fourth-order valence-electron chi connectivity index (χ4n) is 3.72. The first-order valence-electron chi connectivity index (χ1n) is 10.7. The number of anilines is 1. The molecule has 0 bridgehead atoms. The van der Waals surface area contributed by atoms with Gasteiger partial charge in [0.05, 0.1) is 10.6 Å². The molecule has 0 radical (unpaired) electrons. The van der Waals surface area contributed by atoms with Crippen LogP contribution in [0.1, 0.15) is 43.0 Å². The highest BCUT2D eigenvalue weighted by molar-refractivity contribution is 7.92. The van der Waals surface area contributed by atoms with E-state index < -0.39 is 10.0 Å². The van der Waals surface area contributed by atoms with Gasteiger partial charge in [0.15, 0.2) is 0 Å². The third kappa shape index (κ3) is 5.99. The van der Waals surface area contributed by atoms with Gasteiger partial charge in [-0.05, 0) is 62.2 Å². The normalized spacial score (nSPS) is 15.6. The van der Waals surface area contributed by atoms with E-state index in [2.05, 4.69) is 17.1 Å². The lowest BCUT2D eigenvalue weighted by Gasteiger charge is -2.32. The molecule has 1 fully saturated rings. The minimum absolute atomic E-state index is 0.0667. The molecule has 1 heterocycles. The summed E-state index contributed by atoms with van der Waals surface area (Å²) < 4.78 is 27.3. The Morgan fingerprint density at radius 3 is 2.55 bits per heavy atom. The van der Waals surface area contributed by atoms with Crippen LogP contribution in [0, 0.1) is 0 Å². The van der Waals surface area contributed by atoms with E-state index in [4.69, 9.17) is 11.6 Å². The van der Waals surface area contributed by atoms with Gasteiger partial charge >= 0.3 is 0 Å². The molecule has 2 aromatic rings. The van der Waals surface area contributed by atoms with Crippen LogP contribution >= 0.6 is 11.6 Å². The average Bonchev–Trinajstić information content (AvgIpc) is 2.78. The third-order valence-electron chi connectivity index (χ3n) is 5.68. The number of unbranched alkanes of at least 4 members (excludes halogenated alkanes) is 1. The van der Waals surface area contributed by atoms with Gasteiger partial charge in [-0.15, -0.1) is 0 Å². The van der Waals surface area contributed by atoms with Gasteiger partial charge in [0.25, 0.3) is 15.9 Å². The highest BCUT2D eigenvalue weighted by Gasteiger charge is 2.24. The van der Waals surface area contributed by atoms with Crippen molar-refractivity contribution in [3.05, 3.63) is 59.1 Å². The van der Waals surface area contributed by atoms with Gasteiger partial charge in [-0.25, -0.2) is 8.42 Å². The Morgan fingerprint density at radius 2 is 1.87 bits per heavy atom. The zero-order chi connectivity index (χ0) is 22.4. The summed E-state index contributed by atoms with van der Waals surface area (Å²) in [5, 5.41) is 3.52. The van der Waals surface area contributed by atoms with Crippen LogP contribution in [0.25, 0.3) is 0 Å². The SMILES string of the molecule is CCCCN1CCC(NC(=O)c2cccc(S(=O)(=O)N(C)c3cccc(Cl)c3)c2)CC1. The summed E-state index contributed by atoms with van der Waals surface area (Å²) in [6, 6.07) is 12.9. The van der Waals surface area contributed by atoms with Gasteiger partial charge in [-0.1, -0.05) is 37.1 Å². The first-order valence-corrected chi connectivity index (χ1v) is 12.5. The molecular weight excluding hydrogens is 434 g/mol. The van der Waals surface area contributed by atoms with E-state index in [1.807, 2.05) is 0 Å². The van der Waals surface area contributed by atoms with Gasteiger partial charge in [0.1, 0.15) is 0 Å². The largest absolute Gasteiger partial charge is 0.349 e. The molecular formula is C23H30ClN3O3S. The van der Waals surface area contributed by atoms with E-state index in [1.165, 1.54) is 36.3 Å². The molecule has 6 nitrogen and oxygen atoms in total. The van der Waals surface area contributed by atoms with Crippen molar-refractivity contribution in [3.8, 4) is 0 Å². The van der Waals surface area contributed by atoms with Gasteiger partial charge in [-0.2, -0.15) is 0 Å². The zero-order valence-electron chi connectivity index (χ0n) is 18.1. The van der Waals surface area contributed by atoms with E-state index >= 15 is 0 Å². The molecule has 0 aromatic heterocycles. The van der Waals surface area contributed by atoms with Crippen molar-refractivity contribution in [1.82, 2.24) is 10.2 Å². The summed E-state index contributed by atoms with van der Waals surface area (Å²) in [6.07, 6.45) is 4.19. The highest BCUT2D eigenvalue weighted by Crippen LogP contribution is 2.25. The molecule has 168 valence electrons. The molecule has 1 aliphatic rings. The second-order valence-corrected chi connectivity index (χ2v) is 10.3. The predicted molar refractivity (Wildman–Crippen MR) is 125 cm³/mol. The summed E-state index contributed by atoms with van der Waals surface area (Å²) in [4.78, 5) is 15.3. The van der Waals surface area contributed by atoms with E-state index in [0.29, 0.717) is 16.3 Å². The molecule has 0 spiro atoms. The molecule has 0 unspecified atom stereocenters. The summed E-state index contributed by atoms with van der Waals surface area (Å²) in [7, 11) is -2.35. The van der Waals surface area contributed by atoms with Crippen LogP contribution in [0.15, 0.2) is 53.4 Å².